The summed E-state index contributed by atoms with van der Waals surface area (Å²) < 4.78 is 0. The van der Waals surface area contributed by atoms with Crippen LogP contribution in [0.25, 0.3) is 0 Å². The van der Waals surface area contributed by atoms with E-state index in [0.717, 1.165) is 0 Å². The molecule has 0 amide bonds. The summed E-state index contributed by atoms with van der Waals surface area (Å²) in [5.41, 5.74) is 2.54. The van der Waals surface area contributed by atoms with E-state index in [-0.39, 0.29) is 5.92 Å². The van der Waals surface area contributed by atoms with Crippen molar-refractivity contribution in [2.24, 2.45) is 0 Å². The first-order chi connectivity index (χ1) is 5.77. The van der Waals surface area contributed by atoms with E-state index in [1.807, 2.05) is 12.2 Å². The molecular formula is C12H14. The molecule has 0 nitrogen and oxygen atoms in total. The highest BCUT2D eigenvalue weighted by molar-refractivity contribution is 5.30. The Labute approximate surface area is 74.2 Å². The van der Waals surface area contributed by atoms with Crippen molar-refractivity contribution in [3.05, 3.63) is 60.7 Å². The monoisotopic (exact) mass is 158 g/mol. The molecule has 0 heterocycles. The third kappa shape index (κ3) is 1.85. The fraction of sp³-hybridized carbons (Fsp3) is 0.167. The SMILES string of the molecule is C=CC(C=C)c1cccc(C)c1. The smallest absolute Gasteiger partial charge is 0.0193 e. The number of hydrogen-bond donors (Lipinski definition) is 0. The predicted octanol–water partition coefficient (Wildman–Crippen LogP) is 3.45. The number of benzene rings is 1. The summed E-state index contributed by atoms with van der Waals surface area (Å²) in [4.78, 5) is 0. The number of allylic oxidation sites excluding steroid dienone is 2. The lowest BCUT2D eigenvalue weighted by Crippen LogP contribution is -1.89. The van der Waals surface area contributed by atoms with Crippen LogP contribution in [0.4, 0.5) is 0 Å². The van der Waals surface area contributed by atoms with Crippen molar-refractivity contribution in [2.75, 3.05) is 0 Å². The Morgan fingerprint density at radius 3 is 2.42 bits per heavy atom. The van der Waals surface area contributed by atoms with E-state index in [0.29, 0.717) is 0 Å². The van der Waals surface area contributed by atoms with Crippen LogP contribution in [-0.2, 0) is 0 Å². The van der Waals surface area contributed by atoms with Crippen molar-refractivity contribution in [1.82, 2.24) is 0 Å². The normalized spacial score (nSPS) is 9.83. The first kappa shape index (κ1) is 8.79. The van der Waals surface area contributed by atoms with E-state index in [1.165, 1.54) is 11.1 Å². The van der Waals surface area contributed by atoms with E-state index >= 15 is 0 Å². The maximum atomic E-state index is 3.77. The minimum atomic E-state index is 0.282. The predicted molar refractivity (Wildman–Crippen MR) is 54.3 cm³/mol. The van der Waals surface area contributed by atoms with Crippen LogP contribution in [0, 0.1) is 6.92 Å². The molecule has 62 valence electrons. The van der Waals surface area contributed by atoms with Gasteiger partial charge in [0.2, 0.25) is 0 Å². The Hall–Kier alpha value is -1.30. The van der Waals surface area contributed by atoms with Crippen molar-refractivity contribution in [3.63, 3.8) is 0 Å². The van der Waals surface area contributed by atoms with E-state index < -0.39 is 0 Å². The molecule has 0 aliphatic carbocycles. The number of aryl methyl sites for hydroxylation is 1. The van der Waals surface area contributed by atoms with Gasteiger partial charge in [0, 0.05) is 5.92 Å². The van der Waals surface area contributed by atoms with Crippen molar-refractivity contribution >= 4 is 0 Å². The Bertz CT molecular complexity index is 276. The van der Waals surface area contributed by atoms with Crippen LogP contribution in [-0.4, -0.2) is 0 Å². The Kier molecular flexibility index (Phi) is 2.87. The van der Waals surface area contributed by atoms with Crippen LogP contribution in [0.15, 0.2) is 49.6 Å². The average molecular weight is 158 g/mol. The molecule has 12 heavy (non-hydrogen) atoms. The van der Waals surface area contributed by atoms with Crippen LogP contribution in [0.5, 0.6) is 0 Å². The lowest BCUT2D eigenvalue weighted by Gasteiger charge is -2.07. The van der Waals surface area contributed by atoms with Crippen molar-refractivity contribution in [2.45, 2.75) is 12.8 Å². The van der Waals surface area contributed by atoms with Gasteiger partial charge < -0.3 is 0 Å². The second-order valence-electron chi connectivity index (χ2n) is 2.91. The zero-order chi connectivity index (χ0) is 8.97. The number of hydrogen-bond acceptors (Lipinski definition) is 0. The molecule has 1 rings (SSSR count). The summed E-state index contributed by atoms with van der Waals surface area (Å²) in [7, 11) is 0. The van der Waals surface area contributed by atoms with Gasteiger partial charge in [-0.3, -0.25) is 0 Å². The van der Waals surface area contributed by atoms with Crippen LogP contribution >= 0.6 is 0 Å². The number of rotatable bonds is 3. The summed E-state index contributed by atoms with van der Waals surface area (Å²) in [6.45, 7) is 9.62. The topological polar surface area (TPSA) is 0 Å². The lowest BCUT2D eigenvalue weighted by molar-refractivity contribution is 1.09. The molecule has 0 aliphatic rings. The molecule has 0 bridgehead atoms. The minimum absolute atomic E-state index is 0.282. The zero-order valence-corrected chi connectivity index (χ0v) is 7.46. The summed E-state index contributed by atoms with van der Waals surface area (Å²) in [5.74, 6) is 0.282. The van der Waals surface area contributed by atoms with Crippen molar-refractivity contribution < 1.29 is 0 Å². The molecule has 1 aromatic rings. The van der Waals surface area contributed by atoms with Gasteiger partial charge in [0.05, 0.1) is 0 Å². The van der Waals surface area contributed by atoms with E-state index in [9.17, 15) is 0 Å². The van der Waals surface area contributed by atoms with Crippen molar-refractivity contribution in [3.8, 4) is 0 Å². The third-order valence-electron chi connectivity index (χ3n) is 1.93. The maximum Gasteiger partial charge on any atom is 0.0193 e. The van der Waals surface area contributed by atoms with Gasteiger partial charge in [-0.1, -0.05) is 42.0 Å². The molecular weight excluding hydrogens is 144 g/mol. The van der Waals surface area contributed by atoms with Gasteiger partial charge in [-0.05, 0) is 12.5 Å². The molecule has 0 saturated heterocycles. The van der Waals surface area contributed by atoms with Gasteiger partial charge >= 0.3 is 0 Å². The summed E-state index contributed by atoms with van der Waals surface area (Å²) in [5, 5.41) is 0. The largest absolute Gasteiger partial charge is 0.102 e. The lowest BCUT2D eigenvalue weighted by atomic mass is 9.98. The second kappa shape index (κ2) is 3.91. The van der Waals surface area contributed by atoms with Crippen molar-refractivity contribution in [1.29, 1.82) is 0 Å². The molecule has 0 unspecified atom stereocenters. The highest BCUT2D eigenvalue weighted by atomic mass is 14.1. The van der Waals surface area contributed by atoms with Crippen LogP contribution in [0.2, 0.25) is 0 Å². The molecule has 0 N–H and O–H groups in total. The molecule has 0 fully saturated rings. The molecule has 0 saturated carbocycles. The molecule has 0 heteroatoms. The van der Waals surface area contributed by atoms with Gasteiger partial charge in [0.1, 0.15) is 0 Å². The zero-order valence-electron chi connectivity index (χ0n) is 7.46. The van der Waals surface area contributed by atoms with Gasteiger partial charge in [0.25, 0.3) is 0 Å². The van der Waals surface area contributed by atoms with Gasteiger partial charge in [0.15, 0.2) is 0 Å². The summed E-state index contributed by atoms with van der Waals surface area (Å²) in [6.07, 6.45) is 3.81. The molecule has 0 atom stereocenters. The summed E-state index contributed by atoms with van der Waals surface area (Å²) >= 11 is 0. The Morgan fingerprint density at radius 2 is 1.92 bits per heavy atom. The van der Waals surface area contributed by atoms with Crippen LogP contribution < -0.4 is 0 Å². The Morgan fingerprint density at radius 1 is 1.25 bits per heavy atom. The molecule has 0 spiro atoms. The summed E-state index contributed by atoms with van der Waals surface area (Å²) in [6, 6.07) is 8.41. The first-order valence-electron chi connectivity index (χ1n) is 4.09. The second-order valence-corrected chi connectivity index (χ2v) is 2.91. The first-order valence-corrected chi connectivity index (χ1v) is 4.09. The molecule has 0 radical (unpaired) electrons. The fourth-order valence-electron chi connectivity index (χ4n) is 1.25. The average Bonchev–Trinajstić information content (AvgIpc) is 2.07. The third-order valence-corrected chi connectivity index (χ3v) is 1.93. The molecule has 0 aliphatic heterocycles. The van der Waals surface area contributed by atoms with Crippen LogP contribution in [0.3, 0.4) is 0 Å². The quantitative estimate of drug-likeness (QED) is 0.591. The minimum Gasteiger partial charge on any atom is -0.102 e. The molecule has 1 aromatic carbocycles. The maximum absolute atomic E-state index is 3.77. The Balaban J connectivity index is 3.00. The van der Waals surface area contributed by atoms with E-state index in [2.05, 4.69) is 44.3 Å². The van der Waals surface area contributed by atoms with Gasteiger partial charge in [-0.2, -0.15) is 0 Å². The molecule has 0 aromatic heterocycles. The van der Waals surface area contributed by atoms with Gasteiger partial charge in [-0.15, -0.1) is 13.2 Å². The highest BCUT2D eigenvalue weighted by Crippen LogP contribution is 2.18. The van der Waals surface area contributed by atoms with Crippen LogP contribution in [0.1, 0.15) is 17.0 Å². The van der Waals surface area contributed by atoms with E-state index in [4.69, 9.17) is 0 Å². The highest BCUT2D eigenvalue weighted by Gasteiger charge is 2.00. The van der Waals surface area contributed by atoms with E-state index in [1.54, 1.807) is 0 Å². The van der Waals surface area contributed by atoms with Gasteiger partial charge in [-0.25, -0.2) is 0 Å². The fourth-order valence-corrected chi connectivity index (χ4v) is 1.25. The standard InChI is InChI=1S/C12H14/c1-4-11(5-2)12-8-6-7-10(3)9-12/h4-9,11H,1-2H2,3H3.